The smallest absolute Gasteiger partial charge is 0.0621 e. The molecule has 142 valence electrons. The summed E-state index contributed by atoms with van der Waals surface area (Å²) in [6.07, 6.45) is 16.9. The van der Waals surface area contributed by atoms with Crippen molar-refractivity contribution in [2.75, 3.05) is 0 Å². The highest BCUT2D eigenvalue weighted by atomic mass is 15.5. The van der Waals surface area contributed by atoms with Gasteiger partial charge < -0.3 is 0 Å². The molecule has 1 fully saturated rings. The minimum Gasteiger partial charge on any atom is -0.268 e. The third kappa shape index (κ3) is 4.44. The van der Waals surface area contributed by atoms with Crippen molar-refractivity contribution in [3.63, 3.8) is 0 Å². The molecule has 0 atom stereocenters. The van der Waals surface area contributed by atoms with E-state index in [2.05, 4.69) is 44.0 Å². The summed E-state index contributed by atoms with van der Waals surface area (Å²) >= 11 is 0. The Bertz CT molecular complexity index is 512. The maximum absolute atomic E-state index is 9.23. The van der Waals surface area contributed by atoms with Crippen molar-refractivity contribution < 1.29 is 0 Å². The van der Waals surface area contributed by atoms with Crippen molar-refractivity contribution in [1.29, 1.82) is 5.26 Å². The van der Waals surface area contributed by atoms with Gasteiger partial charge in [0.1, 0.15) is 0 Å². The Labute approximate surface area is 160 Å². The van der Waals surface area contributed by atoms with E-state index in [4.69, 9.17) is 5.84 Å². The number of hydrazine groups is 1. The molecule has 0 spiro atoms. The van der Waals surface area contributed by atoms with Crippen molar-refractivity contribution in [2.45, 2.75) is 68.9 Å². The van der Waals surface area contributed by atoms with Crippen molar-refractivity contribution in [3.05, 3.63) is 63.3 Å². The molecule has 0 aliphatic carbocycles. The molecule has 1 aliphatic heterocycles. The minimum atomic E-state index is -0.272. The van der Waals surface area contributed by atoms with Crippen LogP contribution in [0.2, 0.25) is 0 Å². The summed E-state index contributed by atoms with van der Waals surface area (Å²) in [5.41, 5.74) is -0.566. The van der Waals surface area contributed by atoms with Crippen LogP contribution in [-0.4, -0.2) is 16.1 Å². The zero-order valence-electron chi connectivity index (χ0n) is 16.3. The fraction of sp³-hybridized carbons (Fsp3) is 0.522. The monoisotopic (exact) mass is 353 g/mol. The fourth-order valence-electron chi connectivity index (χ4n) is 5.11. The molecule has 0 amide bonds. The largest absolute Gasteiger partial charge is 0.268 e. The predicted octanol–water partition coefficient (Wildman–Crippen LogP) is 5.60. The van der Waals surface area contributed by atoms with Gasteiger partial charge >= 0.3 is 0 Å². The number of piperidine rings is 1. The summed E-state index contributed by atoms with van der Waals surface area (Å²) in [6, 6.07) is 2.33. The predicted molar refractivity (Wildman–Crippen MR) is 112 cm³/mol. The number of allylic oxidation sites excluding steroid dienone is 1. The molecule has 1 saturated heterocycles. The Hall–Kier alpha value is -1.89. The molecule has 1 rings (SSSR count). The molecule has 0 radical (unpaired) electrons. The number of rotatable bonds is 12. The minimum absolute atomic E-state index is 0.0224. The Balaban J connectivity index is 3.58. The van der Waals surface area contributed by atoms with Crippen molar-refractivity contribution in [2.24, 2.45) is 11.3 Å². The number of hydrogen-bond acceptors (Lipinski definition) is 3. The van der Waals surface area contributed by atoms with Crippen molar-refractivity contribution in [1.82, 2.24) is 5.01 Å². The SMILES string of the molecule is C=CCC1(CCC#N)CC(CC=C)(CC=C)N(N)C(CC=C)(CC=C)C1. The number of nitrogens with zero attached hydrogens (tertiary/aromatic N) is 2. The molecule has 0 aromatic rings. The molecule has 0 saturated carbocycles. The van der Waals surface area contributed by atoms with Crippen LogP contribution in [0.5, 0.6) is 0 Å². The maximum Gasteiger partial charge on any atom is 0.0621 e. The summed E-state index contributed by atoms with van der Waals surface area (Å²) in [6.45, 7) is 19.9. The van der Waals surface area contributed by atoms with Crippen LogP contribution in [0.3, 0.4) is 0 Å². The lowest BCUT2D eigenvalue weighted by atomic mass is 9.57. The summed E-state index contributed by atoms with van der Waals surface area (Å²) in [5, 5.41) is 11.3. The molecular weight excluding hydrogens is 318 g/mol. The third-order valence-electron chi connectivity index (χ3n) is 5.87. The average molecular weight is 354 g/mol. The van der Waals surface area contributed by atoms with Gasteiger partial charge in [-0.15, -0.1) is 32.9 Å². The van der Waals surface area contributed by atoms with Gasteiger partial charge in [0.25, 0.3) is 0 Å². The quantitative estimate of drug-likeness (QED) is 0.367. The van der Waals surface area contributed by atoms with Gasteiger partial charge in [-0.2, -0.15) is 5.26 Å². The third-order valence-corrected chi connectivity index (χ3v) is 5.87. The van der Waals surface area contributed by atoms with Crippen LogP contribution in [0.25, 0.3) is 0 Å². The molecule has 1 aliphatic rings. The molecule has 0 aromatic carbocycles. The van der Waals surface area contributed by atoms with E-state index < -0.39 is 0 Å². The van der Waals surface area contributed by atoms with Gasteiger partial charge in [-0.05, 0) is 56.8 Å². The van der Waals surface area contributed by atoms with Gasteiger partial charge in [-0.25, -0.2) is 5.01 Å². The van der Waals surface area contributed by atoms with E-state index in [0.29, 0.717) is 6.42 Å². The van der Waals surface area contributed by atoms with Crippen LogP contribution < -0.4 is 5.84 Å². The second-order valence-electron chi connectivity index (χ2n) is 7.79. The molecular formula is C23H35N3. The lowest BCUT2D eigenvalue weighted by Gasteiger charge is -2.62. The molecule has 3 heteroatoms. The van der Waals surface area contributed by atoms with E-state index in [1.807, 2.05) is 30.4 Å². The van der Waals surface area contributed by atoms with E-state index in [1.54, 1.807) is 0 Å². The molecule has 0 bridgehead atoms. The standard InChI is InChI=1S/C23H35N3/c1-6-12-21(17-11-18-24)19-22(13-7-2,14-8-3)26(25)23(20-21,15-9-4)16-10-5/h6-10H,1-5,11-17,19-20,25H2. The summed E-state index contributed by atoms with van der Waals surface area (Å²) in [4.78, 5) is 0. The van der Waals surface area contributed by atoms with Gasteiger partial charge in [-0.1, -0.05) is 30.4 Å². The van der Waals surface area contributed by atoms with E-state index >= 15 is 0 Å². The van der Waals surface area contributed by atoms with Crippen LogP contribution in [-0.2, 0) is 0 Å². The number of nitriles is 1. The molecule has 1 heterocycles. The van der Waals surface area contributed by atoms with E-state index in [1.165, 1.54) is 0 Å². The molecule has 0 unspecified atom stereocenters. The van der Waals surface area contributed by atoms with Gasteiger partial charge in [-0.3, -0.25) is 5.84 Å². The van der Waals surface area contributed by atoms with Gasteiger partial charge in [0.15, 0.2) is 0 Å². The van der Waals surface area contributed by atoms with E-state index in [0.717, 1.165) is 51.4 Å². The normalized spacial score (nSPS) is 20.5. The molecule has 26 heavy (non-hydrogen) atoms. The van der Waals surface area contributed by atoms with Crippen LogP contribution >= 0.6 is 0 Å². The highest BCUT2D eigenvalue weighted by Crippen LogP contribution is 2.55. The zero-order chi connectivity index (χ0) is 19.7. The van der Waals surface area contributed by atoms with E-state index in [-0.39, 0.29) is 16.5 Å². The number of hydrogen-bond donors (Lipinski definition) is 1. The second kappa shape index (κ2) is 9.71. The van der Waals surface area contributed by atoms with Crippen molar-refractivity contribution in [3.8, 4) is 6.07 Å². The van der Waals surface area contributed by atoms with E-state index in [9.17, 15) is 5.26 Å². The Morgan fingerprint density at radius 3 is 1.50 bits per heavy atom. The first-order chi connectivity index (χ1) is 12.4. The summed E-state index contributed by atoms with van der Waals surface area (Å²) in [7, 11) is 0. The zero-order valence-corrected chi connectivity index (χ0v) is 16.3. The Morgan fingerprint density at radius 1 is 0.808 bits per heavy atom. The second-order valence-corrected chi connectivity index (χ2v) is 7.79. The first kappa shape index (κ1) is 22.2. The first-order valence-corrected chi connectivity index (χ1v) is 9.40. The molecule has 3 nitrogen and oxygen atoms in total. The van der Waals surface area contributed by atoms with Gasteiger partial charge in [0.2, 0.25) is 0 Å². The number of nitrogens with two attached hydrogens (primary N) is 1. The first-order valence-electron chi connectivity index (χ1n) is 9.40. The lowest BCUT2D eigenvalue weighted by molar-refractivity contribution is -0.120. The van der Waals surface area contributed by atoms with Crippen LogP contribution in [0.15, 0.2) is 63.3 Å². The Morgan fingerprint density at radius 2 is 1.19 bits per heavy atom. The van der Waals surface area contributed by atoms with Gasteiger partial charge in [0.05, 0.1) is 6.07 Å². The lowest BCUT2D eigenvalue weighted by Crippen LogP contribution is -2.70. The van der Waals surface area contributed by atoms with Gasteiger partial charge in [0, 0.05) is 17.5 Å². The van der Waals surface area contributed by atoms with Crippen LogP contribution in [0, 0.1) is 16.7 Å². The summed E-state index contributed by atoms with van der Waals surface area (Å²) < 4.78 is 0. The molecule has 0 aromatic heterocycles. The van der Waals surface area contributed by atoms with Crippen molar-refractivity contribution >= 4 is 0 Å². The van der Waals surface area contributed by atoms with Crippen LogP contribution in [0.1, 0.15) is 57.8 Å². The topological polar surface area (TPSA) is 53.0 Å². The fourth-order valence-corrected chi connectivity index (χ4v) is 5.11. The maximum atomic E-state index is 9.23. The average Bonchev–Trinajstić information content (AvgIpc) is 2.59. The van der Waals surface area contributed by atoms with Crippen LogP contribution in [0.4, 0.5) is 0 Å². The molecule has 2 N–H and O–H groups in total. The highest BCUT2D eigenvalue weighted by molar-refractivity contribution is 5.16. The Kier molecular flexibility index (Phi) is 8.27. The summed E-state index contributed by atoms with van der Waals surface area (Å²) in [5.74, 6) is 6.83. The highest BCUT2D eigenvalue weighted by Gasteiger charge is 2.56.